The molecule has 0 unspecified atom stereocenters. The molecule has 0 aromatic carbocycles. The number of halogens is 1. The topological polar surface area (TPSA) is 37.8 Å². The molecule has 2 rings (SSSR count). The van der Waals surface area contributed by atoms with Crippen molar-refractivity contribution in [3.05, 3.63) is 17.0 Å². The first-order valence-electron chi connectivity index (χ1n) is 5.26. The van der Waals surface area contributed by atoms with Gasteiger partial charge in [0.05, 0.1) is 0 Å². The molecule has 15 heavy (non-hydrogen) atoms. The van der Waals surface area contributed by atoms with E-state index in [0.717, 1.165) is 17.3 Å². The van der Waals surface area contributed by atoms with Gasteiger partial charge in [0, 0.05) is 17.3 Å². The van der Waals surface area contributed by atoms with E-state index in [1.54, 1.807) is 6.20 Å². The smallest absolute Gasteiger partial charge is 0.224 e. The van der Waals surface area contributed by atoms with Crippen molar-refractivity contribution < 1.29 is 0 Å². The summed E-state index contributed by atoms with van der Waals surface area (Å²) in [6.07, 6.45) is 4.36. The van der Waals surface area contributed by atoms with Crippen LogP contribution in [0.15, 0.2) is 6.20 Å². The van der Waals surface area contributed by atoms with Crippen LogP contribution in [-0.2, 0) is 0 Å². The quantitative estimate of drug-likeness (QED) is 0.804. The van der Waals surface area contributed by atoms with Gasteiger partial charge >= 0.3 is 0 Å². The third kappa shape index (κ3) is 2.40. The molecule has 0 spiro atoms. The van der Waals surface area contributed by atoms with Crippen molar-refractivity contribution >= 4 is 17.4 Å². The fourth-order valence-corrected chi connectivity index (χ4v) is 1.89. The fourth-order valence-electron chi connectivity index (χ4n) is 1.76. The van der Waals surface area contributed by atoms with Gasteiger partial charge in [-0.25, -0.2) is 9.97 Å². The molecule has 1 heterocycles. The number of hydrogen-bond acceptors (Lipinski definition) is 3. The Balaban J connectivity index is 2.19. The lowest BCUT2D eigenvalue weighted by Crippen LogP contribution is -2.34. The summed E-state index contributed by atoms with van der Waals surface area (Å²) in [6.45, 7) is 6.40. The Morgan fingerprint density at radius 2 is 2.13 bits per heavy atom. The Morgan fingerprint density at radius 3 is 2.73 bits per heavy atom. The summed E-state index contributed by atoms with van der Waals surface area (Å²) in [7, 11) is 0. The van der Waals surface area contributed by atoms with Crippen molar-refractivity contribution in [2.45, 2.75) is 39.2 Å². The minimum atomic E-state index is 0.0996. The molecule has 0 bridgehead atoms. The average molecular weight is 226 g/mol. The van der Waals surface area contributed by atoms with Crippen molar-refractivity contribution in [2.24, 2.45) is 5.92 Å². The number of nitrogens with one attached hydrogen (secondary N) is 1. The highest BCUT2D eigenvalue weighted by molar-refractivity contribution is 6.28. The van der Waals surface area contributed by atoms with Gasteiger partial charge < -0.3 is 5.32 Å². The maximum atomic E-state index is 5.78. The molecule has 3 nitrogen and oxygen atoms in total. The second-order valence-electron chi connectivity index (χ2n) is 4.79. The Labute approximate surface area is 95.3 Å². The van der Waals surface area contributed by atoms with E-state index in [4.69, 9.17) is 11.6 Å². The largest absolute Gasteiger partial charge is 0.365 e. The van der Waals surface area contributed by atoms with Gasteiger partial charge in [0.25, 0.3) is 0 Å². The van der Waals surface area contributed by atoms with E-state index in [0.29, 0.717) is 5.28 Å². The second-order valence-corrected chi connectivity index (χ2v) is 5.13. The van der Waals surface area contributed by atoms with Gasteiger partial charge in [-0.2, -0.15) is 0 Å². The molecule has 0 radical (unpaired) electrons. The highest BCUT2D eigenvalue weighted by Gasteiger charge is 2.38. The van der Waals surface area contributed by atoms with Crippen LogP contribution in [0.5, 0.6) is 0 Å². The van der Waals surface area contributed by atoms with Crippen LogP contribution < -0.4 is 5.32 Å². The molecule has 0 amide bonds. The molecule has 1 aromatic rings. The highest BCUT2D eigenvalue weighted by atomic mass is 35.5. The summed E-state index contributed by atoms with van der Waals surface area (Å²) in [5.41, 5.74) is 1.13. The molecular formula is C11H16ClN3. The van der Waals surface area contributed by atoms with Crippen LogP contribution >= 0.6 is 11.6 Å². The molecular weight excluding hydrogens is 210 g/mol. The SMILES string of the molecule is Cc1cnc(Cl)nc1NC(C)(C)C1CC1. The Kier molecular flexibility index (Phi) is 2.59. The molecule has 1 N–H and O–H groups in total. The van der Waals surface area contributed by atoms with Gasteiger partial charge in [-0.1, -0.05) is 0 Å². The Hall–Kier alpha value is -0.830. The number of nitrogens with zero attached hydrogens (tertiary/aromatic N) is 2. The van der Waals surface area contributed by atoms with Crippen LogP contribution in [0.3, 0.4) is 0 Å². The maximum absolute atomic E-state index is 5.78. The van der Waals surface area contributed by atoms with Crippen LogP contribution in [0.4, 0.5) is 5.82 Å². The van der Waals surface area contributed by atoms with E-state index in [1.807, 2.05) is 6.92 Å². The Morgan fingerprint density at radius 1 is 1.47 bits per heavy atom. The van der Waals surface area contributed by atoms with E-state index in [1.165, 1.54) is 12.8 Å². The zero-order valence-electron chi connectivity index (χ0n) is 9.34. The van der Waals surface area contributed by atoms with Crippen molar-refractivity contribution in [1.29, 1.82) is 0 Å². The van der Waals surface area contributed by atoms with E-state index in [2.05, 4.69) is 29.1 Å². The molecule has 0 atom stereocenters. The summed E-state index contributed by atoms with van der Waals surface area (Å²) >= 11 is 5.78. The third-order valence-electron chi connectivity index (χ3n) is 2.98. The molecule has 0 aliphatic heterocycles. The summed E-state index contributed by atoms with van der Waals surface area (Å²) in [5, 5.41) is 3.75. The van der Waals surface area contributed by atoms with Crippen LogP contribution in [0.1, 0.15) is 32.3 Å². The number of aryl methyl sites for hydroxylation is 1. The molecule has 4 heteroatoms. The predicted molar refractivity (Wildman–Crippen MR) is 62.2 cm³/mol. The van der Waals surface area contributed by atoms with Crippen LogP contribution in [0, 0.1) is 12.8 Å². The lowest BCUT2D eigenvalue weighted by Gasteiger charge is -2.27. The first kappa shape index (κ1) is 10.7. The average Bonchev–Trinajstić information content (AvgIpc) is 2.93. The van der Waals surface area contributed by atoms with E-state index >= 15 is 0 Å². The summed E-state index contributed by atoms with van der Waals surface area (Å²) in [4.78, 5) is 8.16. The maximum Gasteiger partial charge on any atom is 0.224 e. The minimum Gasteiger partial charge on any atom is -0.365 e. The summed E-state index contributed by atoms with van der Waals surface area (Å²) in [5.74, 6) is 1.61. The molecule has 0 saturated heterocycles. The van der Waals surface area contributed by atoms with Gasteiger partial charge in [-0.05, 0) is 51.1 Å². The van der Waals surface area contributed by atoms with E-state index in [9.17, 15) is 0 Å². The van der Waals surface area contributed by atoms with E-state index < -0.39 is 0 Å². The van der Waals surface area contributed by atoms with Gasteiger partial charge in [0.1, 0.15) is 5.82 Å². The van der Waals surface area contributed by atoms with Crippen LogP contribution in [-0.4, -0.2) is 15.5 Å². The van der Waals surface area contributed by atoms with Crippen molar-refractivity contribution in [2.75, 3.05) is 5.32 Å². The molecule has 82 valence electrons. The van der Waals surface area contributed by atoms with Gasteiger partial charge in [0.2, 0.25) is 5.28 Å². The van der Waals surface area contributed by atoms with E-state index in [-0.39, 0.29) is 5.54 Å². The number of rotatable bonds is 3. The van der Waals surface area contributed by atoms with Gasteiger partial charge in [-0.3, -0.25) is 0 Å². The third-order valence-corrected chi connectivity index (χ3v) is 3.16. The Bertz CT molecular complexity index is 372. The highest BCUT2D eigenvalue weighted by Crippen LogP contribution is 2.41. The number of anilines is 1. The van der Waals surface area contributed by atoms with Crippen molar-refractivity contribution in [3.8, 4) is 0 Å². The standard InChI is InChI=1S/C11H16ClN3/c1-7-6-13-10(12)14-9(7)15-11(2,3)8-4-5-8/h6,8H,4-5H2,1-3H3,(H,13,14,15). The lowest BCUT2D eigenvalue weighted by molar-refractivity contribution is 0.492. The minimum absolute atomic E-state index is 0.0996. The molecule has 1 fully saturated rings. The lowest BCUT2D eigenvalue weighted by atomic mass is 9.98. The fraction of sp³-hybridized carbons (Fsp3) is 0.636. The van der Waals surface area contributed by atoms with Crippen molar-refractivity contribution in [3.63, 3.8) is 0 Å². The monoisotopic (exact) mass is 225 g/mol. The van der Waals surface area contributed by atoms with Gasteiger partial charge in [-0.15, -0.1) is 0 Å². The first-order valence-corrected chi connectivity index (χ1v) is 5.64. The van der Waals surface area contributed by atoms with Crippen LogP contribution in [0.2, 0.25) is 5.28 Å². The molecule has 1 aliphatic carbocycles. The zero-order valence-corrected chi connectivity index (χ0v) is 10.1. The number of hydrogen-bond donors (Lipinski definition) is 1. The summed E-state index contributed by atoms with van der Waals surface area (Å²) < 4.78 is 0. The van der Waals surface area contributed by atoms with Crippen molar-refractivity contribution in [1.82, 2.24) is 9.97 Å². The number of aromatic nitrogens is 2. The molecule has 1 saturated carbocycles. The first-order chi connectivity index (χ1) is 6.99. The molecule has 1 aromatic heterocycles. The normalized spacial score (nSPS) is 16.5. The zero-order chi connectivity index (χ0) is 11.1. The predicted octanol–water partition coefficient (Wildman–Crippen LogP) is 3.04. The summed E-state index contributed by atoms with van der Waals surface area (Å²) in [6, 6.07) is 0. The van der Waals surface area contributed by atoms with Gasteiger partial charge in [0.15, 0.2) is 0 Å². The van der Waals surface area contributed by atoms with Crippen LogP contribution in [0.25, 0.3) is 0 Å². The second kappa shape index (κ2) is 3.63. The molecule has 1 aliphatic rings.